The van der Waals surface area contributed by atoms with E-state index in [1.54, 1.807) is 0 Å². The lowest BCUT2D eigenvalue weighted by molar-refractivity contribution is -0.140. The van der Waals surface area contributed by atoms with Crippen LogP contribution in [0.5, 0.6) is 5.75 Å². The number of carbonyl (C=O) groups excluding carboxylic acids is 2. The summed E-state index contributed by atoms with van der Waals surface area (Å²) < 4.78 is 6.27. The van der Waals surface area contributed by atoms with Gasteiger partial charge in [-0.15, -0.1) is 0 Å². The molecule has 0 saturated carbocycles. The van der Waals surface area contributed by atoms with Crippen LogP contribution in [0.15, 0.2) is 28.9 Å². The molecule has 1 aliphatic carbocycles. The summed E-state index contributed by atoms with van der Waals surface area (Å²) in [6.07, 6.45) is 6.41. The molecule has 0 unspecified atom stereocenters. The van der Waals surface area contributed by atoms with Crippen molar-refractivity contribution >= 4 is 17.9 Å². The number of aromatic hydroxyl groups is 1. The Hall–Kier alpha value is -2.40. The normalized spacial score (nSPS) is 27.4. The van der Waals surface area contributed by atoms with Crippen molar-refractivity contribution in [2.75, 3.05) is 13.2 Å². The van der Waals surface area contributed by atoms with Crippen LogP contribution in [0.1, 0.15) is 69.6 Å². The topological polar surface area (TPSA) is 66.8 Å². The minimum Gasteiger partial charge on any atom is -0.507 e. The number of fused-ring (bicyclic) bond motifs is 3. The number of hydrogen-bond acceptors (Lipinski definition) is 4. The van der Waals surface area contributed by atoms with Crippen molar-refractivity contribution in [2.45, 2.75) is 72.8 Å². The summed E-state index contributed by atoms with van der Waals surface area (Å²) in [5.74, 6) is 0.0223. The Labute approximate surface area is 197 Å². The first-order chi connectivity index (χ1) is 15.8. The molecule has 4 atom stereocenters. The fraction of sp³-hybridized carbons (Fsp3) is 0.571. The van der Waals surface area contributed by atoms with E-state index < -0.39 is 0 Å². The van der Waals surface area contributed by atoms with Gasteiger partial charge in [0.2, 0.25) is 11.8 Å². The summed E-state index contributed by atoms with van der Waals surface area (Å²) in [6, 6.07) is 4.02. The highest BCUT2D eigenvalue weighted by molar-refractivity contribution is 6.05. The lowest BCUT2D eigenvalue weighted by Crippen LogP contribution is -2.34. The number of aryl methyl sites for hydroxylation is 2. The van der Waals surface area contributed by atoms with Crippen LogP contribution in [0.4, 0.5) is 0 Å². The number of nitrogens with zero attached hydrogens (tertiary/aromatic N) is 1. The number of phenols is 1. The molecule has 33 heavy (non-hydrogen) atoms. The fourth-order valence-electron chi connectivity index (χ4n) is 6.11. The zero-order chi connectivity index (χ0) is 23.9. The second-order valence-corrected chi connectivity index (χ2v) is 10.0. The monoisotopic (exact) mass is 451 g/mol. The van der Waals surface area contributed by atoms with Gasteiger partial charge in [0.15, 0.2) is 0 Å². The average Bonchev–Trinajstić information content (AvgIpc) is 3.30. The molecule has 2 aliphatic heterocycles. The molecular formula is C28H37NO4. The Morgan fingerprint density at radius 1 is 1.15 bits per heavy atom. The Morgan fingerprint density at radius 3 is 2.48 bits per heavy atom. The van der Waals surface area contributed by atoms with E-state index in [1.807, 2.05) is 32.9 Å². The van der Waals surface area contributed by atoms with Gasteiger partial charge in [-0.1, -0.05) is 31.1 Å². The molecule has 0 radical (unpaired) electrons. The molecule has 2 heterocycles. The van der Waals surface area contributed by atoms with E-state index in [1.165, 1.54) is 21.6 Å². The van der Waals surface area contributed by atoms with Crippen molar-refractivity contribution in [3.05, 3.63) is 45.5 Å². The first-order valence-electron chi connectivity index (χ1n) is 12.4. The number of phenolic OH excluding ortho intramolecular Hbond substituents is 1. The molecule has 1 aromatic carbocycles. The van der Waals surface area contributed by atoms with Crippen molar-refractivity contribution in [3.8, 4) is 5.75 Å². The maximum atomic E-state index is 13.1. The van der Waals surface area contributed by atoms with Gasteiger partial charge in [0.25, 0.3) is 0 Å². The molecular weight excluding hydrogens is 414 g/mol. The standard InChI is InChI=1S/C28H37NO4/c1-6-10-29-27(31)21-14-20(7-2)24-22(25(21)28(29)32)15-33-23(24)9-8-16(3)11-19-12-17(4)26(30)18(5)13-19/h11-13,21-23,25,30H,6-10,14-15H2,1-5H3/b16-11+/t21-,22+,23-,25-/m1/s1. The van der Waals surface area contributed by atoms with Crippen LogP contribution in [0.3, 0.4) is 0 Å². The summed E-state index contributed by atoms with van der Waals surface area (Å²) in [7, 11) is 0. The predicted molar refractivity (Wildman–Crippen MR) is 130 cm³/mol. The van der Waals surface area contributed by atoms with Crippen LogP contribution in [0.2, 0.25) is 0 Å². The quantitative estimate of drug-likeness (QED) is 0.449. The van der Waals surface area contributed by atoms with Crippen molar-refractivity contribution in [3.63, 3.8) is 0 Å². The van der Waals surface area contributed by atoms with E-state index in [9.17, 15) is 14.7 Å². The Bertz CT molecular complexity index is 998. The molecule has 3 aliphatic rings. The van der Waals surface area contributed by atoms with Gasteiger partial charge in [-0.3, -0.25) is 14.5 Å². The molecule has 2 saturated heterocycles. The average molecular weight is 452 g/mol. The van der Waals surface area contributed by atoms with E-state index >= 15 is 0 Å². The van der Waals surface area contributed by atoms with Gasteiger partial charge in [-0.25, -0.2) is 0 Å². The molecule has 5 heteroatoms. The van der Waals surface area contributed by atoms with Crippen molar-refractivity contribution < 1.29 is 19.4 Å². The molecule has 0 bridgehead atoms. The molecule has 0 spiro atoms. The lowest BCUT2D eigenvalue weighted by Gasteiger charge is -2.31. The largest absolute Gasteiger partial charge is 0.507 e. The number of ether oxygens (including phenoxy) is 1. The highest BCUT2D eigenvalue weighted by atomic mass is 16.5. The predicted octanol–water partition coefficient (Wildman–Crippen LogP) is 5.33. The maximum Gasteiger partial charge on any atom is 0.233 e. The fourth-order valence-corrected chi connectivity index (χ4v) is 6.11. The van der Waals surface area contributed by atoms with E-state index in [0.717, 1.165) is 42.4 Å². The van der Waals surface area contributed by atoms with Crippen LogP contribution in [-0.4, -0.2) is 41.1 Å². The van der Waals surface area contributed by atoms with Gasteiger partial charge in [0.05, 0.1) is 24.5 Å². The summed E-state index contributed by atoms with van der Waals surface area (Å²) in [5, 5.41) is 10.0. The smallest absolute Gasteiger partial charge is 0.233 e. The van der Waals surface area contributed by atoms with Gasteiger partial charge < -0.3 is 9.84 Å². The number of rotatable bonds is 7. The second-order valence-electron chi connectivity index (χ2n) is 10.0. The summed E-state index contributed by atoms with van der Waals surface area (Å²) in [6.45, 7) is 11.2. The van der Waals surface area contributed by atoms with Crippen molar-refractivity contribution in [1.82, 2.24) is 4.90 Å². The number of imide groups is 1. The number of carbonyl (C=O) groups is 2. The van der Waals surface area contributed by atoms with Crippen LogP contribution in [-0.2, 0) is 14.3 Å². The molecule has 2 fully saturated rings. The molecule has 1 N–H and O–H groups in total. The number of benzene rings is 1. The number of allylic oxidation sites excluding steroid dienone is 2. The van der Waals surface area contributed by atoms with Gasteiger partial charge in [0.1, 0.15) is 5.75 Å². The van der Waals surface area contributed by atoms with E-state index in [4.69, 9.17) is 4.74 Å². The van der Waals surface area contributed by atoms with Gasteiger partial charge in [0, 0.05) is 12.5 Å². The van der Waals surface area contributed by atoms with Crippen LogP contribution >= 0.6 is 0 Å². The van der Waals surface area contributed by atoms with E-state index in [2.05, 4.69) is 19.9 Å². The summed E-state index contributed by atoms with van der Waals surface area (Å²) >= 11 is 0. The summed E-state index contributed by atoms with van der Waals surface area (Å²) in [5.41, 5.74) is 6.78. The Morgan fingerprint density at radius 2 is 1.85 bits per heavy atom. The third kappa shape index (κ3) is 4.28. The zero-order valence-electron chi connectivity index (χ0n) is 20.6. The molecule has 178 valence electrons. The Balaban J connectivity index is 1.50. The van der Waals surface area contributed by atoms with E-state index in [-0.39, 0.29) is 35.7 Å². The van der Waals surface area contributed by atoms with Crippen LogP contribution in [0, 0.1) is 31.6 Å². The minimum atomic E-state index is -0.237. The van der Waals surface area contributed by atoms with Crippen molar-refractivity contribution in [2.24, 2.45) is 17.8 Å². The number of amides is 2. The third-order valence-corrected chi connectivity index (χ3v) is 7.70. The minimum absolute atomic E-state index is 0.0166. The van der Waals surface area contributed by atoms with E-state index in [0.29, 0.717) is 25.3 Å². The summed E-state index contributed by atoms with van der Waals surface area (Å²) in [4.78, 5) is 27.6. The van der Waals surface area contributed by atoms with Crippen LogP contribution in [0.25, 0.3) is 6.08 Å². The van der Waals surface area contributed by atoms with Gasteiger partial charge >= 0.3 is 0 Å². The van der Waals surface area contributed by atoms with Gasteiger partial charge in [-0.05, 0) is 87.3 Å². The zero-order valence-corrected chi connectivity index (χ0v) is 20.6. The number of hydrogen-bond donors (Lipinski definition) is 1. The number of likely N-dealkylation sites (tertiary alicyclic amines) is 1. The first kappa shape index (κ1) is 23.7. The molecule has 2 amide bonds. The first-order valence-corrected chi connectivity index (χ1v) is 12.4. The lowest BCUT2D eigenvalue weighted by atomic mass is 9.69. The van der Waals surface area contributed by atoms with Crippen LogP contribution < -0.4 is 0 Å². The highest BCUT2D eigenvalue weighted by Gasteiger charge is 2.56. The highest BCUT2D eigenvalue weighted by Crippen LogP contribution is 2.50. The molecule has 4 rings (SSSR count). The molecule has 1 aromatic rings. The molecule has 5 nitrogen and oxygen atoms in total. The maximum absolute atomic E-state index is 13.1. The Kier molecular flexibility index (Phi) is 6.81. The van der Waals surface area contributed by atoms with Gasteiger partial charge in [-0.2, -0.15) is 0 Å². The second kappa shape index (κ2) is 9.46. The third-order valence-electron chi connectivity index (χ3n) is 7.70. The molecule has 0 aromatic heterocycles. The van der Waals surface area contributed by atoms with Crippen molar-refractivity contribution in [1.29, 1.82) is 0 Å². The SMILES string of the molecule is CCCN1C(=O)[C@@H]2[C@@H](CC(CC)=C3[C@@H](CC/C(C)=C/c4cc(C)c(O)c(C)c4)OC[C@@H]32)C1=O.